The maximum atomic E-state index is 14.2. The molecule has 2 amide bonds. The maximum absolute atomic E-state index is 14.2. The Morgan fingerprint density at radius 1 is 0.975 bits per heavy atom. The van der Waals surface area contributed by atoms with Crippen LogP contribution >= 0.6 is 0 Å². The number of nitrogens with one attached hydrogen (secondary N) is 2. The van der Waals surface area contributed by atoms with Crippen molar-refractivity contribution in [2.75, 3.05) is 12.0 Å². The highest BCUT2D eigenvalue weighted by Crippen LogP contribution is 2.51. The number of methoxy groups -OCH3 is 1. The molecule has 1 aromatic heterocycles. The number of hydrogen-bond donors (Lipinski definition) is 3. The van der Waals surface area contributed by atoms with Crippen molar-refractivity contribution in [2.24, 2.45) is 11.8 Å². The van der Waals surface area contributed by atoms with E-state index < -0.39 is 47.2 Å². The summed E-state index contributed by atoms with van der Waals surface area (Å²) >= 11 is 0. The number of carboxylic acid groups (broad SMARTS) is 1. The van der Waals surface area contributed by atoms with Crippen molar-refractivity contribution in [2.45, 2.75) is 24.9 Å². The van der Waals surface area contributed by atoms with E-state index in [4.69, 9.17) is 4.74 Å². The number of hydrogen-bond acceptors (Lipinski definition) is 6. The summed E-state index contributed by atoms with van der Waals surface area (Å²) in [6.45, 7) is 1.81. The first-order valence-electron chi connectivity index (χ1n) is 12.9. The zero-order chi connectivity index (χ0) is 28.2. The largest absolute Gasteiger partial charge is 0.480 e. The van der Waals surface area contributed by atoms with E-state index in [1.807, 2.05) is 43.3 Å². The number of H-pyrrole nitrogens is 1. The minimum Gasteiger partial charge on any atom is -0.480 e. The van der Waals surface area contributed by atoms with Gasteiger partial charge in [0.05, 0.1) is 30.2 Å². The molecule has 2 saturated heterocycles. The van der Waals surface area contributed by atoms with Gasteiger partial charge in [0.15, 0.2) is 0 Å². The number of carbonyl (C=O) groups is 4. The Hall–Kier alpha value is -4.76. The topological polar surface area (TPSA) is 129 Å². The van der Waals surface area contributed by atoms with Crippen LogP contribution in [0.4, 0.5) is 5.69 Å². The van der Waals surface area contributed by atoms with E-state index in [0.29, 0.717) is 16.8 Å². The minimum absolute atomic E-state index is 0.0229. The predicted molar refractivity (Wildman–Crippen MR) is 147 cm³/mol. The molecule has 4 unspecified atom stereocenters. The first kappa shape index (κ1) is 25.5. The number of nitrogens with zero attached hydrogens (tertiary/aromatic N) is 1. The Morgan fingerprint density at radius 3 is 2.38 bits per heavy atom. The van der Waals surface area contributed by atoms with Gasteiger partial charge in [-0.05, 0) is 47.9 Å². The number of aromatic amines is 1. The molecule has 3 heterocycles. The number of anilines is 1. The molecular formula is C31H27N3O6. The van der Waals surface area contributed by atoms with Crippen molar-refractivity contribution in [3.63, 3.8) is 0 Å². The van der Waals surface area contributed by atoms with Crippen LogP contribution < -0.4 is 10.2 Å². The van der Waals surface area contributed by atoms with Gasteiger partial charge in [-0.1, -0.05) is 48.5 Å². The molecule has 0 radical (unpaired) electrons. The summed E-state index contributed by atoms with van der Waals surface area (Å²) in [5, 5.41) is 14.9. The highest BCUT2D eigenvalue weighted by molar-refractivity contribution is 6.24. The summed E-state index contributed by atoms with van der Waals surface area (Å²) < 4.78 is 4.79. The lowest BCUT2D eigenvalue weighted by Crippen LogP contribution is -2.57. The fourth-order valence-electron chi connectivity index (χ4n) is 6.30. The van der Waals surface area contributed by atoms with Gasteiger partial charge in [-0.3, -0.25) is 19.7 Å². The van der Waals surface area contributed by atoms with Crippen LogP contribution in [0.15, 0.2) is 79.0 Å². The molecule has 0 bridgehead atoms. The number of fused-ring (bicyclic) bond motifs is 2. The second kappa shape index (κ2) is 9.46. The third-order valence-electron chi connectivity index (χ3n) is 8.23. The number of ether oxygens (including phenoxy) is 1. The zero-order valence-corrected chi connectivity index (χ0v) is 21.9. The number of carboxylic acids is 1. The first-order valence-corrected chi connectivity index (χ1v) is 12.9. The van der Waals surface area contributed by atoms with Gasteiger partial charge in [0.1, 0.15) is 5.54 Å². The van der Waals surface area contributed by atoms with Crippen LogP contribution in [0.5, 0.6) is 0 Å². The average molecular weight is 538 g/mol. The Balaban J connectivity index is 1.50. The first-order chi connectivity index (χ1) is 19.3. The molecule has 2 fully saturated rings. The highest BCUT2D eigenvalue weighted by atomic mass is 16.5. The molecule has 9 nitrogen and oxygen atoms in total. The monoisotopic (exact) mass is 537 g/mol. The van der Waals surface area contributed by atoms with Crippen LogP contribution in [0.2, 0.25) is 0 Å². The quantitative estimate of drug-likeness (QED) is 0.252. The molecule has 0 aliphatic carbocycles. The van der Waals surface area contributed by atoms with Gasteiger partial charge >= 0.3 is 11.9 Å². The Labute approximate surface area is 229 Å². The third kappa shape index (κ3) is 3.73. The number of amides is 2. The van der Waals surface area contributed by atoms with Gasteiger partial charge in [0, 0.05) is 29.6 Å². The standard InChI is InChI=1S/C31H27N3O6/c1-17-7-3-6-10-23(17)34-27(35)24-25(28(34)36)31(30(38)39,15-20-16-32-22-9-5-4-8-21(20)22)33-26(24)18-11-13-19(14-12-18)29(37)40-2/h3-14,16,24-26,32-33H,15H2,1-2H3,(H,38,39). The fraction of sp³-hybridized carbons (Fsp3) is 0.226. The van der Waals surface area contributed by atoms with E-state index in [2.05, 4.69) is 10.3 Å². The Kier molecular flexibility index (Phi) is 6.03. The average Bonchev–Trinajstić information content (AvgIpc) is 3.61. The normalized spacial score (nSPS) is 23.9. The van der Waals surface area contributed by atoms with E-state index in [0.717, 1.165) is 26.9 Å². The second-order valence-corrected chi connectivity index (χ2v) is 10.4. The number of aliphatic carboxylic acids is 1. The SMILES string of the molecule is COC(=O)c1ccc(C2NC(Cc3c[nH]c4ccccc34)(C(=O)O)C3C(=O)N(c4ccccc4C)C(=O)C23)cc1. The number of carbonyl (C=O) groups excluding carboxylic acids is 3. The smallest absolute Gasteiger partial charge is 0.337 e. The Bertz CT molecular complexity index is 1680. The summed E-state index contributed by atoms with van der Waals surface area (Å²) in [6, 6.07) is 20.3. The Morgan fingerprint density at radius 2 is 1.68 bits per heavy atom. The summed E-state index contributed by atoms with van der Waals surface area (Å²) in [5.74, 6) is -4.88. The van der Waals surface area contributed by atoms with Crippen molar-refractivity contribution in [1.82, 2.24) is 10.3 Å². The van der Waals surface area contributed by atoms with Gasteiger partial charge in [0.2, 0.25) is 11.8 Å². The lowest BCUT2D eigenvalue weighted by molar-refractivity contribution is -0.148. The lowest BCUT2D eigenvalue weighted by Gasteiger charge is -2.31. The minimum atomic E-state index is -1.77. The number of aryl methyl sites for hydroxylation is 1. The maximum Gasteiger partial charge on any atom is 0.337 e. The molecule has 2 aliphatic heterocycles. The van der Waals surface area contributed by atoms with Crippen LogP contribution in [0.1, 0.15) is 33.1 Å². The van der Waals surface area contributed by atoms with Gasteiger partial charge in [0.25, 0.3) is 0 Å². The van der Waals surface area contributed by atoms with Crippen LogP contribution in [0.3, 0.4) is 0 Å². The van der Waals surface area contributed by atoms with Crippen LogP contribution in [-0.4, -0.2) is 46.5 Å². The molecule has 4 aromatic rings. The van der Waals surface area contributed by atoms with E-state index in [1.165, 1.54) is 7.11 Å². The molecule has 0 saturated carbocycles. The third-order valence-corrected chi connectivity index (χ3v) is 8.23. The number of benzene rings is 3. The molecule has 6 rings (SSSR count). The van der Waals surface area contributed by atoms with Gasteiger partial charge in [-0.2, -0.15) is 0 Å². The summed E-state index contributed by atoms with van der Waals surface area (Å²) in [6.07, 6.45) is 1.73. The van der Waals surface area contributed by atoms with Crippen molar-refractivity contribution < 1.29 is 29.0 Å². The number of para-hydroxylation sites is 2. The molecule has 2 aliphatic rings. The molecule has 202 valence electrons. The number of esters is 1. The van der Waals surface area contributed by atoms with Gasteiger partial charge in [-0.25, -0.2) is 9.69 Å². The number of aromatic nitrogens is 1. The molecule has 4 atom stereocenters. The fourth-order valence-corrected chi connectivity index (χ4v) is 6.30. The van der Waals surface area contributed by atoms with Gasteiger partial charge < -0.3 is 14.8 Å². The van der Waals surface area contributed by atoms with E-state index in [9.17, 15) is 24.3 Å². The van der Waals surface area contributed by atoms with E-state index in [-0.39, 0.29) is 6.42 Å². The van der Waals surface area contributed by atoms with Gasteiger partial charge in [-0.15, -0.1) is 0 Å². The zero-order valence-electron chi connectivity index (χ0n) is 21.9. The number of rotatable bonds is 6. The summed E-state index contributed by atoms with van der Waals surface area (Å²) in [5.41, 5.74) is 1.88. The van der Waals surface area contributed by atoms with E-state index >= 15 is 0 Å². The van der Waals surface area contributed by atoms with Crippen LogP contribution in [0, 0.1) is 18.8 Å². The molecule has 0 spiro atoms. The molecule has 9 heteroatoms. The van der Waals surface area contributed by atoms with Crippen LogP contribution in [0.25, 0.3) is 10.9 Å². The summed E-state index contributed by atoms with van der Waals surface area (Å²) in [4.78, 5) is 57.8. The molecule has 40 heavy (non-hydrogen) atoms. The predicted octanol–water partition coefficient (Wildman–Crippen LogP) is 3.78. The molecule has 3 aromatic carbocycles. The lowest BCUT2D eigenvalue weighted by atomic mass is 9.76. The van der Waals surface area contributed by atoms with Crippen LogP contribution in [-0.2, 0) is 25.5 Å². The van der Waals surface area contributed by atoms with Crippen molar-refractivity contribution in [3.8, 4) is 0 Å². The molecule has 3 N–H and O–H groups in total. The molecular weight excluding hydrogens is 510 g/mol. The van der Waals surface area contributed by atoms with Crippen molar-refractivity contribution in [3.05, 3.63) is 101 Å². The number of imide groups is 1. The van der Waals surface area contributed by atoms with Crippen molar-refractivity contribution >= 4 is 40.3 Å². The highest BCUT2D eigenvalue weighted by Gasteiger charge is 2.68. The van der Waals surface area contributed by atoms with E-state index in [1.54, 1.807) is 42.6 Å². The second-order valence-electron chi connectivity index (χ2n) is 10.4. The van der Waals surface area contributed by atoms with Crippen molar-refractivity contribution in [1.29, 1.82) is 0 Å². The summed E-state index contributed by atoms with van der Waals surface area (Å²) in [7, 11) is 1.29.